The molecule has 0 spiro atoms. The summed E-state index contributed by atoms with van der Waals surface area (Å²) in [5, 5.41) is 24.5. The fourth-order valence-electron chi connectivity index (χ4n) is 0.500. The molecule has 0 aromatic rings. The molecule has 8 nitrogen and oxygen atoms in total. The summed E-state index contributed by atoms with van der Waals surface area (Å²) in [6, 6.07) is 0. The maximum absolute atomic E-state index is 10.2. The smallest absolute Gasteiger partial charge is 0.481 e. The largest absolute Gasteiger partial charge is 4.00 e. The maximum Gasteiger partial charge on any atom is 4.00 e. The Kier molecular flexibility index (Phi) is 15.9. The molecule has 0 aliphatic heterocycles. The molecule has 0 atom stereocenters. The first-order chi connectivity index (χ1) is 7.34. The molecule has 0 bridgehead atoms. The van der Waals surface area contributed by atoms with E-state index in [0.29, 0.717) is 19.2 Å². The number of carboxylic acid groups (broad SMARTS) is 3. The normalized spacial score (nSPS) is 9.41. The number of nitrogens with two attached hydrogens (primary N) is 2. The van der Waals surface area contributed by atoms with E-state index in [2.05, 4.69) is 0 Å². The third kappa shape index (κ3) is 17.4. The first-order valence-corrected chi connectivity index (χ1v) is 4.13. The second-order valence-electron chi connectivity index (χ2n) is 2.46. The molecule has 0 aromatic heterocycles. The fourth-order valence-corrected chi connectivity index (χ4v) is 0.500. The molecule has 0 aliphatic carbocycles. The van der Waals surface area contributed by atoms with Crippen LogP contribution in [0.5, 0.6) is 0 Å². The number of carbonyl (C=O) groups is 3. The molecule has 7 N–H and O–H groups in total. The van der Waals surface area contributed by atoms with Crippen molar-refractivity contribution in [3.63, 3.8) is 0 Å². The van der Waals surface area contributed by atoms with Gasteiger partial charge >= 0.3 is 39.0 Å². The summed E-state index contributed by atoms with van der Waals surface area (Å²) in [6.07, 6.45) is -0.446. The SMILES string of the molecule is NCCN.O=C(O)/C=C(/CC(=O)O)C(=O)O.[Pt+4]. The van der Waals surface area contributed by atoms with Crippen LogP contribution in [0.2, 0.25) is 0 Å². The van der Waals surface area contributed by atoms with E-state index < -0.39 is 29.9 Å². The van der Waals surface area contributed by atoms with Crippen molar-refractivity contribution < 1.29 is 50.8 Å². The van der Waals surface area contributed by atoms with Gasteiger partial charge in [0.25, 0.3) is 0 Å². The Labute approximate surface area is 112 Å². The Balaban J connectivity index is -0.000000340. The predicted molar refractivity (Wildman–Crippen MR) is 53.7 cm³/mol. The van der Waals surface area contributed by atoms with E-state index in [4.69, 9.17) is 26.8 Å². The fraction of sp³-hybridized carbons (Fsp3) is 0.375. The van der Waals surface area contributed by atoms with Gasteiger partial charge in [-0.3, -0.25) is 4.79 Å². The predicted octanol–water partition coefficient (Wildman–Crippen LogP) is -1.54. The molecular formula is C8H14N2O6Pt+4. The minimum absolute atomic E-state index is 0. The van der Waals surface area contributed by atoms with Crippen molar-refractivity contribution in [2.75, 3.05) is 13.1 Å². The van der Waals surface area contributed by atoms with Crippen LogP contribution in [0.25, 0.3) is 0 Å². The Hall–Kier alpha value is -1.24. The number of carboxylic acids is 3. The molecule has 9 heteroatoms. The first-order valence-electron chi connectivity index (χ1n) is 4.13. The van der Waals surface area contributed by atoms with Gasteiger partial charge in [0.05, 0.1) is 12.0 Å². The van der Waals surface area contributed by atoms with Crippen molar-refractivity contribution in [1.82, 2.24) is 0 Å². The number of hydrogen-bond donors (Lipinski definition) is 5. The minimum Gasteiger partial charge on any atom is -0.481 e. The molecular weight excluding hydrogens is 415 g/mol. The number of hydrogen-bond acceptors (Lipinski definition) is 5. The van der Waals surface area contributed by atoms with E-state index in [9.17, 15) is 14.4 Å². The van der Waals surface area contributed by atoms with Gasteiger partial charge in [-0.2, -0.15) is 0 Å². The second-order valence-corrected chi connectivity index (χ2v) is 2.46. The summed E-state index contributed by atoms with van der Waals surface area (Å²) in [7, 11) is 0. The van der Waals surface area contributed by atoms with Crippen LogP contribution < -0.4 is 11.5 Å². The minimum atomic E-state index is -1.54. The maximum atomic E-state index is 10.2. The molecule has 17 heavy (non-hydrogen) atoms. The van der Waals surface area contributed by atoms with Crippen molar-refractivity contribution in [3.05, 3.63) is 11.6 Å². The second kappa shape index (κ2) is 12.8. The van der Waals surface area contributed by atoms with Crippen molar-refractivity contribution in [2.45, 2.75) is 6.42 Å². The molecule has 0 fully saturated rings. The summed E-state index contributed by atoms with van der Waals surface area (Å²) in [6.45, 7) is 1.19. The molecule has 0 saturated heterocycles. The van der Waals surface area contributed by atoms with Crippen LogP contribution in [0.1, 0.15) is 6.42 Å². The Morgan fingerprint density at radius 3 is 1.59 bits per heavy atom. The summed E-state index contributed by atoms with van der Waals surface area (Å²) in [4.78, 5) is 30.1. The van der Waals surface area contributed by atoms with E-state index in [1.54, 1.807) is 0 Å². The van der Waals surface area contributed by atoms with Crippen molar-refractivity contribution in [3.8, 4) is 0 Å². The van der Waals surface area contributed by atoms with Crippen molar-refractivity contribution in [2.24, 2.45) is 11.5 Å². The van der Waals surface area contributed by atoms with Gasteiger partial charge in [0.2, 0.25) is 0 Å². The van der Waals surface area contributed by atoms with Crippen LogP contribution >= 0.6 is 0 Å². The molecule has 0 radical (unpaired) electrons. The third-order valence-corrected chi connectivity index (χ3v) is 1.08. The summed E-state index contributed by atoms with van der Waals surface area (Å²) < 4.78 is 0. The Bertz CT molecular complexity index is 290. The zero-order valence-electron chi connectivity index (χ0n) is 8.74. The summed E-state index contributed by atoms with van der Waals surface area (Å²) in [5.74, 6) is -4.40. The van der Waals surface area contributed by atoms with Gasteiger partial charge in [0, 0.05) is 19.2 Å². The summed E-state index contributed by atoms with van der Waals surface area (Å²) >= 11 is 0. The van der Waals surface area contributed by atoms with Crippen LogP contribution in [0.15, 0.2) is 11.6 Å². The summed E-state index contributed by atoms with van der Waals surface area (Å²) in [5.41, 5.74) is 9.15. The van der Waals surface area contributed by atoms with Crippen molar-refractivity contribution >= 4 is 17.9 Å². The van der Waals surface area contributed by atoms with Crippen LogP contribution in [-0.4, -0.2) is 46.3 Å². The monoisotopic (exact) mass is 429 g/mol. The Morgan fingerprint density at radius 2 is 1.41 bits per heavy atom. The standard InChI is InChI=1S/C6H6O6.C2H8N2.Pt/c7-4(8)1-3(6(11)12)2-5(9)10;3-1-2-4;/h1H,2H2,(H,7,8)(H,9,10)(H,11,12);1-4H2;/q;;+4/b3-1-;;. The van der Waals surface area contributed by atoms with E-state index in [-0.39, 0.29) is 21.1 Å². The van der Waals surface area contributed by atoms with Gasteiger partial charge < -0.3 is 26.8 Å². The average Bonchev–Trinajstić information content (AvgIpc) is 2.15. The van der Waals surface area contributed by atoms with E-state index in [1.165, 1.54) is 0 Å². The zero-order chi connectivity index (χ0) is 13.1. The van der Waals surface area contributed by atoms with Crippen LogP contribution in [-0.2, 0) is 35.4 Å². The van der Waals surface area contributed by atoms with E-state index in [1.807, 2.05) is 0 Å². The number of aliphatic carboxylic acids is 3. The van der Waals surface area contributed by atoms with Crippen LogP contribution in [0.4, 0.5) is 0 Å². The molecule has 0 heterocycles. The Morgan fingerprint density at radius 1 is 1.00 bits per heavy atom. The van der Waals surface area contributed by atoms with Gasteiger partial charge in [-0.05, 0) is 0 Å². The van der Waals surface area contributed by atoms with Gasteiger partial charge in [-0.1, -0.05) is 0 Å². The molecule has 0 aliphatic rings. The topological polar surface area (TPSA) is 164 Å². The molecule has 98 valence electrons. The van der Waals surface area contributed by atoms with Gasteiger partial charge in [0.15, 0.2) is 0 Å². The molecule has 0 saturated carbocycles. The quantitative estimate of drug-likeness (QED) is 0.328. The molecule has 0 amide bonds. The zero-order valence-corrected chi connectivity index (χ0v) is 11.0. The molecule has 0 aromatic carbocycles. The van der Waals surface area contributed by atoms with E-state index in [0.717, 1.165) is 0 Å². The molecule has 0 unspecified atom stereocenters. The number of rotatable bonds is 5. The van der Waals surface area contributed by atoms with Gasteiger partial charge in [-0.15, -0.1) is 0 Å². The first kappa shape index (κ1) is 21.1. The van der Waals surface area contributed by atoms with Crippen LogP contribution in [0, 0.1) is 0 Å². The van der Waals surface area contributed by atoms with E-state index >= 15 is 0 Å². The molecule has 0 rings (SSSR count). The third-order valence-electron chi connectivity index (χ3n) is 1.08. The van der Waals surface area contributed by atoms with Crippen LogP contribution in [0.3, 0.4) is 0 Å². The van der Waals surface area contributed by atoms with Gasteiger partial charge in [-0.25, -0.2) is 9.59 Å². The van der Waals surface area contributed by atoms with Gasteiger partial charge in [0.1, 0.15) is 0 Å². The average molecular weight is 429 g/mol. The van der Waals surface area contributed by atoms with Crippen molar-refractivity contribution in [1.29, 1.82) is 0 Å².